The number of alkyl carbamates (subject to hydrolysis) is 1. The van der Waals surface area contributed by atoms with Crippen molar-refractivity contribution in [3.05, 3.63) is 51.2 Å². The van der Waals surface area contributed by atoms with Crippen LogP contribution in [-0.2, 0) is 10.9 Å². The van der Waals surface area contributed by atoms with E-state index in [9.17, 15) is 27.6 Å². The van der Waals surface area contributed by atoms with Crippen LogP contribution in [0.3, 0.4) is 0 Å². The highest BCUT2D eigenvalue weighted by Crippen LogP contribution is 2.28. The number of nitrogens with zero attached hydrogens (tertiary/aromatic N) is 3. The van der Waals surface area contributed by atoms with Crippen LogP contribution in [0.2, 0.25) is 5.02 Å². The van der Waals surface area contributed by atoms with Gasteiger partial charge in [0.25, 0.3) is 11.5 Å². The number of hydrogen-bond acceptors (Lipinski definition) is 7. The molecule has 1 aliphatic heterocycles. The van der Waals surface area contributed by atoms with E-state index in [-0.39, 0.29) is 28.6 Å². The van der Waals surface area contributed by atoms with Crippen LogP contribution >= 0.6 is 11.6 Å². The highest BCUT2D eigenvalue weighted by atomic mass is 35.5. The molecule has 0 radical (unpaired) electrons. The van der Waals surface area contributed by atoms with E-state index in [2.05, 4.69) is 25.8 Å². The molecule has 2 aliphatic rings. The van der Waals surface area contributed by atoms with Crippen LogP contribution in [0, 0.1) is 5.92 Å². The maximum absolute atomic E-state index is 12.6. The average Bonchev–Trinajstić information content (AvgIpc) is 3.32. The Hall–Kier alpha value is -3.35. The molecule has 3 N–H and O–H groups in total. The van der Waals surface area contributed by atoms with Crippen LogP contribution in [0.4, 0.5) is 23.7 Å². The molecule has 0 unspecified atom stereocenters. The summed E-state index contributed by atoms with van der Waals surface area (Å²) in [6, 6.07) is 1.83. The van der Waals surface area contributed by atoms with E-state index >= 15 is 0 Å². The lowest BCUT2D eigenvalue weighted by Crippen LogP contribution is -2.41. The highest BCUT2D eigenvalue weighted by molar-refractivity contribution is 6.33. The third-order valence-electron chi connectivity index (χ3n) is 6.57. The Balaban J connectivity index is 1.15. The van der Waals surface area contributed by atoms with Crippen LogP contribution in [0.5, 0.6) is 0 Å². The molecular weight excluding hydrogens is 517 g/mol. The fourth-order valence-electron chi connectivity index (χ4n) is 4.54. The molecule has 1 atom stereocenters. The van der Waals surface area contributed by atoms with Crippen molar-refractivity contribution in [2.45, 2.75) is 50.4 Å². The van der Waals surface area contributed by atoms with Crippen molar-refractivity contribution in [3.63, 3.8) is 0 Å². The summed E-state index contributed by atoms with van der Waals surface area (Å²) in [5, 5.41) is 11.7. The van der Waals surface area contributed by atoms with Gasteiger partial charge in [-0.05, 0) is 43.7 Å². The molecule has 0 spiro atoms. The summed E-state index contributed by atoms with van der Waals surface area (Å²) >= 11 is 6.05. The maximum atomic E-state index is 12.6. The first-order valence-electron chi connectivity index (χ1n) is 11.9. The molecule has 3 heterocycles. The molecule has 2 fully saturated rings. The number of aromatic amines is 1. The Morgan fingerprint density at radius 1 is 1.16 bits per heavy atom. The smallest absolute Gasteiger partial charge is 0.433 e. The monoisotopic (exact) mass is 542 g/mol. The molecule has 37 heavy (non-hydrogen) atoms. The molecular formula is C23H26ClF3N6O4. The quantitative estimate of drug-likeness (QED) is 0.511. The number of rotatable bonds is 6. The predicted molar refractivity (Wildman–Crippen MR) is 127 cm³/mol. The number of aromatic nitrogens is 3. The summed E-state index contributed by atoms with van der Waals surface area (Å²) < 4.78 is 43.4. The van der Waals surface area contributed by atoms with Crippen molar-refractivity contribution in [1.29, 1.82) is 0 Å². The Bertz CT molecular complexity index is 1170. The molecule has 14 heteroatoms. The Labute approximate surface area is 214 Å². The second kappa shape index (κ2) is 11.4. The molecule has 4 rings (SSSR count). The lowest BCUT2D eigenvalue weighted by atomic mass is 9.86. The summed E-state index contributed by atoms with van der Waals surface area (Å²) in [5.74, 6) is -0.288. The van der Waals surface area contributed by atoms with Gasteiger partial charge >= 0.3 is 12.3 Å². The van der Waals surface area contributed by atoms with Gasteiger partial charge in [-0.2, -0.15) is 18.3 Å². The fraction of sp³-hybridized carbons (Fsp3) is 0.522. The van der Waals surface area contributed by atoms with Gasteiger partial charge in [0.1, 0.15) is 16.8 Å². The summed E-state index contributed by atoms with van der Waals surface area (Å²) in [6.45, 7) is 1.36. The average molecular weight is 543 g/mol. The maximum Gasteiger partial charge on any atom is 0.433 e. The van der Waals surface area contributed by atoms with E-state index in [1.54, 1.807) is 0 Å². The molecule has 1 saturated heterocycles. The summed E-state index contributed by atoms with van der Waals surface area (Å²) in [6.07, 6.45) is 0.523. The van der Waals surface area contributed by atoms with Crippen molar-refractivity contribution < 1.29 is 27.5 Å². The minimum Gasteiger partial charge on any atom is -0.444 e. The van der Waals surface area contributed by atoms with Gasteiger partial charge in [-0.15, -0.1) is 0 Å². The number of amides is 2. The van der Waals surface area contributed by atoms with Crippen molar-refractivity contribution in [2.75, 3.05) is 24.5 Å². The van der Waals surface area contributed by atoms with E-state index < -0.39 is 29.4 Å². The number of H-pyrrole nitrogens is 1. The van der Waals surface area contributed by atoms with Gasteiger partial charge in [-0.25, -0.2) is 9.89 Å². The number of ether oxygens (including phenoxy) is 1. The largest absolute Gasteiger partial charge is 0.444 e. The van der Waals surface area contributed by atoms with Crippen LogP contribution in [0.1, 0.15) is 48.2 Å². The van der Waals surface area contributed by atoms with E-state index in [1.807, 2.05) is 4.90 Å². The molecule has 0 aromatic carbocycles. The van der Waals surface area contributed by atoms with Gasteiger partial charge in [0, 0.05) is 31.7 Å². The lowest BCUT2D eigenvalue weighted by molar-refractivity contribution is -0.141. The fourth-order valence-corrected chi connectivity index (χ4v) is 4.75. The van der Waals surface area contributed by atoms with Gasteiger partial charge in [-0.3, -0.25) is 14.6 Å². The Morgan fingerprint density at radius 3 is 2.59 bits per heavy atom. The Morgan fingerprint density at radius 2 is 1.92 bits per heavy atom. The number of nitrogens with one attached hydrogen (secondary N) is 3. The number of carbonyl (C=O) groups excluding carboxylic acids is 2. The van der Waals surface area contributed by atoms with E-state index in [0.717, 1.165) is 31.2 Å². The third kappa shape index (κ3) is 6.90. The van der Waals surface area contributed by atoms with Gasteiger partial charge in [0.2, 0.25) is 0 Å². The van der Waals surface area contributed by atoms with Gasteiger partial charge in [0.05, 0.1) is 24.0 Å². The first-order valence-corrected chi connectivity index (χ1v) is 12.2. The number of pyridine rings is 1. The van der Waals surface area contributed by atoms with Crippen LogP contribution in [-0.4, -0.2) is 59.0 Å². The molecule has 2 aromatic heterocycles. The van der Waals surface area contributed by atoms with E-state index in [1.165, 1.54) is 6.20 Å². The van der Waals surface area contributed by atoms with Crippen LogP contribution in [0.25, 0.3) is 0 Å². The minimum absolute atomic E-state index is 0.0454. The summed E-state index contributed by atoms with van der Waals surface area (Å²) in [7, 11) is 0. The minimum atomic E-state index is -4.55. The first-order chi connectivity index (χ1) is 17.6. The van der Waals surface area contributed by atoms with Crippen LogP contribution < -0.4 is 21.1 Å². The topological polar surface area (TPSA) is 129 Å². The second-order valence-corrected chi connectivity index (χ2v) is 9.54. The van der Waals surface area contributed by atoms with Crippen molar-refractivity contribution >= 4 is 29.3 Å². The lowest BCUT2D eigenvalue weighted by Gasteiger charge is -2.29. The normalized spacial score (nSPS) is 21.9. The molecule has 0 bridgehead atoms. The standard InChI is InChI=1S/C23H26ClF3N6O4/c24-19-17(11-30-32-21(19)35)33-8-7-16(12-33)37-22(36)31-15-4-1-13(2-5-15)9-29-20(34)14-3-6-18(28-10-14)23(25,26)27/h3,6,10-11,13,15-16H,1-2,4-5,7-9,12H2,(H,29,34)(H,31,36)(H,32,35)/t13?,15?,16-/m1/s1. The molecule has 200 valence electrons. The van der Waals surface area contributed by atoms with Crippen LogP contribution in [0.15, 0.2) is 29.3 Å². The first kappa shape index (κ1) is 26.7. The molecule has 1 saturated carbocycles. The molecule has 1 aliphatic carbocycles. The van der Waals surface area contributed by atoms with Crippen molar-refractivity contribution in [2.24, 2.45) is 5.92 Å². The zero-order chi connectivity index (χ0) is 26.6. The zero-order valence-corrected chi connectivity index (χ0v) is 20.4. The van der Waals surface area contributed by atoms with Crippen molar-refractivity contribution in [3.8, 4) is 0 Å². The van der Waals surface area contributed by atoms with Gasteiger partial charge in [0.15, 0.2) is 0 Å². The number of halogens is 4. The van der Waals surface area contributed by atoms with E-state index in [4.69, 9.17) is 16.3 Å². The Kier molecular flexibility index (Phi) is 8.20. The predicted octanol–water partition coefficient (Wildman–Crippen LogP) is 3.13. The highest BCUT2D eigenvalue weighted by Gasteiger charge is 2.32. The number of anilines is 1. The summed E-state index contributed by atoms with van der Waals surface area (Å²) in [4.78, 5) is 41.4. The molecule has 2 aromatic rings. The number of carbonyl (C=O) groups is 2. The number of alkyl halides is 3. The number of hydrogen-bond donors (Lipinski definition) is 3. The van der Waals surface area contributed by atoms with Gasteiger partial charge in [-0.1, -0.05) is 11.6 Å². The van der Waals surface area contributed by atoms with E-state index in [0.29, 0.717) is 44.6 Å². The zero-order valence-electron chi connectivity index (χ0n) is 19.7. The second-order valence-electron chi connectivity index (χ2n) is 9.16. The molecule has 2 amide bonds. The molecule has 10 nitrogen and oxygen atoms in total. The van der Waals surface area contributed by atoms with Crippen molar-refractivity contribution in [1.82, 2.24) is 25.8 Å². The third-order valence-corrected chi connectivity index (χ3v) is 6.94. The van der Waals surface area contributed by atoms with Gasteiger partial charge < -0.3 is 20.3 Å². The summed E-state index contributed by atoms with van der Waals surface area (Å²) in [5.41, 5.74) is -0.965. The SMILES string of the molecule is O=C(NC1CCC(CNC(=O)c2ccc(C(F)(F)F)nc2)CC1)O[C@@H]1CCN(c2cn[nH]c(=O)c2Cl)C1.